The van der Waals surface area contributed by atoms with E-state index in [2.05, 4.69) is 5.16 Å². The Labute approximate surface area is 137 Å². The van der Waals surface area contributed by atoms with Gasteiger partial charge in [-0.25, -0.2) is 8.42 Å². The summed E-state index contributed by atoms with van der Waals surface area (Å²) in [5.74, 6) is 0.359. The van der Waals surface area contributed by atoms with Gasteiger partial charge < -0.3 is 9.09 Å². The van der Waals surface area contributed by atoms with E-state index >= 15 is 0 Å². The van der Waals surface area contributed by atoms with Gasteiger partial charge in [0.25, 0.3) is 0 Å². The third-order valence-corrected chi connectivity index (χ3v) is 6.72. The van der Waals surface area contributed by atoms with Crippen molar-refractivity contribution < 1.29 is 12.9 Å². The van der Waals surface area contributed by atoms with E-state index < -0.39 is 10.0 Å². The van der Waals surface area contributed by atoms with Gasteiger partial charge in [0, 0.05) is 25.5 Å². The zero-order valence-electron chi connectivity index (χ0n) is 13.8. The molecule has 6 nitrogen and oxygen atoms in total. The molecule has 0 saturated carbocycles. The first-order valence-corrected chi connectivity index (χ1v) is 9.43. The molecule has 0 spiro atoms. The molecular formula is C16H23N3O3S. The zero-order chi connectivity index (χ0) is 16.6. The van der Waals surface area contributed by atoms with Gasteiger partial charge in [0.2, 0.25) is 10.0 Å². The molecule has 126 valence electrons. The van der Waals surface area contributed by atoms with Crippen LogP contribution < -0.4 is 0 Å². The van der Waals surface area contributed by atoms with Crippen molar-refractivity contribution >= 4 is 10.0 Å². The fraction of sp³-hybridized carbons (Fsp3) is 0.562. The number of rotatable bonds is 3. The molecule has 0 aliphatic carbocycles. The zero-order valence-corrected chi connectivity index (χ0v) is 14.6. The van der Waals surface area contributed by atoms with Crippen LogP contribution in [0.15, 0.2) is 27.7 Å². The molecule has 1 saturated heterocycles. The predicted molar refractivity (Wildman–Crippen MR) is 86.5 cm³/mol. The summed E-state index contributed by atoms with van der Waals surface area (Å²) >= 11 is 0. The summed E-state index contributed by atoms with van der Waals surface area (Å²) in [6.45, 7) is 3.86. The lowest BCUT2D eigenvalue weighted by Gasteiger charge is -2.29. The minimum Gasteiger partial charge on any atom is -0.360 e. The number of sulfonamides is 1. The van der Waals surface area contributed by atoms with Gasteiger partial charge in [-0.3, -0.25) is 0 Å². The number of aromatic nitrogens is 2. The van der Waals surface area contributed by atoms with E-state index in [1.54, 1.807) is 18.2 Å². The third-order valence-electron chi connectivity index (χ3n) is 4.56. The monoisotopic (exact) mass is 337 g/mol. The second-order valence-corrected chi connectivity index (χ2v) is 8.01. The number of nitrogens with zero attached hydrogens (tertiary/aromatic N) is 3. The average Bonchev–Trinajstić information content (AvgIpc) is 2.96. The van der Waals surface area contributed by atoms with Gasteiger partial charge in [-0.05, 0) is 38.8 Å². The van der Waals surface area contributed by atoms with Crippen molar-refractivity contribution in [2.24, 2.45) is 7.05 Å². The summed E-state index contributed by atoms with van der Waals surface area (Å²) in [7, 11) is -1.67. The maximum absolute atomic E-state index is 13.3. The van der Waals surface area contributed by atoms with Gasteiger partial charge >= 0.3 is 0 Å². The Kier molecular flexibility index (Phi) is 4.33. The second kappa shape index (κ2) is 6.13. The van der Waals surface area contributed by atoms with Crippen LogP contribution >= 0.6 is 0 Å². The van der Waals surface area contributed by atoms with E-state index in [4.69, 9.17) is 4.52 Å². The topological polar surface area (TPSA) is 68.3 Å². The first kappa shape index (κ1) is 16.3. The molecule has 1 atom stereocenters. The first-order chi connectivity index (χ1) is 10.9. The van der Waals surface area contributed by atoms with Gasteiger partial charge in [0.1, 0.15) is 10.6 Å². The van der Waals surface area contributed by atoms with Crippen LogP contribution in [0.3, 0.4) is 0 Å². The molecule has 3 heterocycles. The molecule has 0 radical (unpaired) electrons. The molecule has 3 rings (SSSR count). The summed E-state index contributed by atoms with van der Waals surface area (Å²) in [4.78, 5) is 0.221. The molecule has 1 aliphatic heterocycles. The maximum Gasteiger partial charge on any atom is 0.249 e. The summed E-state index contributed by atoms with van der Waals surface area (Å²) in [5, 5.41) is 3.82. The number of hydrogen-bond donors (Lipinski definition) is 0. The standard InChI is InChI=1S/C16H23N3O3S/c1-12-16(13(2)22-17-12)23(20,21)19-11-6-4-5-8-15(19)14-9-7-10-18(14)3/h7,9-10,15H,4-6,8,11H2,1-3H3/t15-/m0/s1. The minimum atomic E-state index is -3.63. The molecule has 1 fully saturated rings. The highest BCUT2D eigenvalue weighted by Gasteiger charge is 2.37. The van der Waals surface area contributed by atoms with Gasteiger partial charge in [-0.2, -0.15) is 4.31 Å². The lowest BCUT2D eigenvalue weighted by molar-refractivity contribution is 0.317. The van der Waals surface area contributed by atoms with Crippen molar-refractivity contribution in [2.45, 2.75) is 50.5 Å². The van der Waals surface area contributed by atoms with Crippen molar-refractivity contribution in [2.75, 3.05) is 6.54 Å². The van der Waals surface area contributed by atoms with Crippen LogP contribution in [-0.2, 0) is 17.1 Å². The van der Waals surface area contributed by atoms with E-state index in [0.717, 1.165) is 31.4 Å². The van der Waals surface area contributed by atoms with Gasteiger partial charge in [0.05, 0.1) is 6.04 Å². The molecule has 23 heavy (non-hydrogen) atoms. The highest BCUT2D eigenvalue weighted by molar-refractivity contribution is 7.89. The quantitative estimate of drug-likeness (QED) is 0.863. The molecule has 7 heteroatoms. The molecule has 0 N–H and O–H groups in total. The van der Waals surface area contributed by atoms with E-state index in [1.807, 2.05) is 29.9 Å². The summed E-state index contributed by atoms with van der Waals surface area (Å²) in [6, 6.07) is 3.82. The Morgan fingerprint density at radius 3 is 2.65 bits per heavy atom. The van der Waals surface area contributed by atoms with E-state index in [-0.39, 0.29) is 10.9 Å². The van der Waals surface area contributed by atoms with Crippen molar-refractivity contribution in [3.8, 4) is 0 Å². The van der Waals surface area contributed by atoms with Gasteiger partial charge in [-0.1, -0.05) is 18.0 Å². The molecule has 2 aromatic heterocycles. The van der Waals surface area contributed by atoms with Crippen LogP contribution in [0.2, 0.25) is 0 Å². The molecule has 2 aromatic rings. The third kappa shape index (κ3) is 2.83. The fourth-order valence-corrected chi connectivity index (χ4v) is 5.41. The van der Waals surface area contributed by atoms with Crippen LogP contribution in [0, 0.1) is 13.8 Å². The van der Waals surface area contributed by atoms with Crippen LogP contribution in [0.4, 0.5) is 0 Å². The smallest absolute Gasteiger partial charge is 0.249 e. The van der Waals surface area contributed by atoms with Gasteiger partial charge in [-0.15, -0.1) is 0 Å². The lowest BCUT2D eigenvalue weighted by Crippen LogP contribution is -2.36. The molecule has 0 bridgehead atoms. The summed E-state index contributed by atoms with van der Waals surface area (Å²) in [5.41, 5.74) is 1.46. The Morgan fingerprint density at radius 1 is 1.26 bits per heavy atom. The van der Waals surface area contributed by atoms with Crippen molar-refractivity contribution in [1.82, 2.24) is 14.0 Å². The van der Waals surface area contributed by atoms with Crippen LogP contribution in [0.25, 0.3) is 0 Å². The molecule has 0 unspecified atom stereocenters. The van der Waals surface area contributed by atoms with Crippen molar-refractivity contribution in [1.29, 1.82) is 0 Å². The van der Waals surface area contributed by atoms with E-state index in [1.165, 1.54) is 0 Å². The minimum absolute atomic E-state index is 0.142. The molecule has 0 aromatic carbocycles. The van der Waals surface area contributed by atoms with Gasteiger partial charge in [0.15, 0.2) is 5.76 Å². The molecule has 0 amide bonds. The van der Waals surface area contributed by atoms with Crippen LogP contribution in [-0.4, -0.2) is 29.0 Å². The normalized spacial score (nSPS) is 20.6. The maximum atomic E-state index is 13.3. The Balaban J connectivity index is 2.08. The highest BCUT2D eigenvalue weighted by atomic mass is 32.2. The number of aryl methyl sites for hydroxylation is 3. The summed E-state index contributed by atoms with van der Waals surface area (Å²) in [6.07, 6.45) is 5.75. The Morgan fingerprint density at radius 2 is 2.04 bits per heavy atom. The lowest BCUT2D eigenvalue weighted by atomic mass is 10.1. The first-order valence-electron chi connectivity index (χ1n) is 7.99. The van der Waals surface area contributed by atoms with E-state index in [9.17, 15) is 8.42 Å². The van der Waals surface area contributed by atoms with Crippen LogP contribution in [0.5, 0.6) is 0 Å². The predicted octanol–water partition coefficient (Wildman–Crippen LogP) is 2.94. The Bertz CT molecular complexity index is 772. The average molecular weight is 337 g/mol. The molecular weight excluding hydrogens is 314 g/mol. The van der Waals surface area contributed by atoms with Crippen molar-refractivity contribution in [3.05, 3.63) is 35.5 Å². The van der Waals surface area contributed by atoms with E-state index in [0.29, 0.717) is 18.0 Å². The Hall–Kier alpha value is -1.60. The number of hydrogen-bond acceptors (Lipinski definition) is 4. The SMILES string of the molecule is Cc1noc(C)c1S(=O)(=O)N1CCCCC[C@H]1c1cccn1C. The highest BCUT2D eigenvalue weighted by Crippen LogP contribution is 2.36. The summed E-state index contributed by atoms with van der Waals surface area (Å²) < 4.78 is 35.3. The van der Waals surface area contributed by atoms with Crippen LogP contribution in [0.1, 0.15) is 48.9 Å². The second-order valence-electron chi connectivity index (χ2n) is 6.18. The fourth-order valence-electron chi connectivity index (χ4n) is 3.45. The molecule has 1 aliphatic rings. The van der Waals surface area contributed by atoms with Crippen molar-refractivity contribution in [3.63, 3.8) is 0 Å². The largest absolute Gasteiger partial charge is 0.360 e.